The van der Waals surface area contributed by atoms with Gasteiger partial charge in [-0.2, -0.15) is 0 Å². The van der Waals surface area contributed by atoms with E-state index in [0.717, 1.165) is 5.56 Å². The Hall–Kier alpha value is -3.42. The highest BCUT2D eigenvalue weighted by Crippen LogP contribution is 2.23. The highest BCUT2D eigenvalue weighted by atomic mass is 35.5. The van der Waals surface area contributed by atoms with Gasteiger partial charge in [-0.05, 0) is 35.9 Å². The molecule has 1 amide bonds. The van der Waals surface area contributed by atoms with Gasteiger partial charge < -0.3 is 10.1 Å². The van der Waals surface area contributed by atoms with E-state index in [2.05, 4.69) is 15.3 Å². The summed E-state index contributed by atoms with van der Waals surface area (Å²) in [5.41, 5.74) is 1.17. The van der Waals surface area contributed by atoms with E-state index in [4.69, 9.17) is 27.9 Å². The average molecular weight is 455 g/mol. The molecule has 2 heterocycles. The number of aromatic nitrogens is 3. The second-order valence-corrected chi connectivity index (χ2v) is 7.49. The van der Waals surface area contributed by atoms with E-state index in [1.54, 1.807) is 36.4 Å². The van der Waals surface area contributed by atoms with Gasteiger partial charge in [0.05, 0.1) is 33.9 Å². The molecule has 1 N–H and O–H groups in total. The predicted molar refractivity (Wildman–Crippen MR) is 120 cm³/mol. The van der Waals surface area contributed by atoms with Crippen molar-refractivity contribution in [1.29, 1.82) is 0 Å². The number of carbonyl (C=O) groups excluding carboxylic acids is 1. The Bertz CT molecular complexity index is 1310. The Labute approximate surface area is 187 Å². The lowest BCUT2D eigenvalue weighted by atomic mass is 10.2. The number of benzene rings is 2. The van der Waals surface area contributed by atoms with Crippen molar-refractivity contribution < 1.29 is 9.53 Å². The molecule has 2 aromatic heterocycles. The molecule has 156 valence electrons. The molecule has 4 aromatic rings. The molecule has 0 aliphatic rings. The molecule has 0 unspecified atom stereocenters. The van der Waals surface area contributed by atoms with E-state index in [1.807, 2.05) is 18.2 Å². The zero-order chi connectivity index (χ0) is 21.8. The third kappa shape index (κ3) is 5.02. The van der Waals surface area contributed by atoms with E-state index in [1.165, 1.54) is 17.1 Å². The smallest absolute Gasteiger partial charge is 0.263 e. The van der Waals surface area contributed by atoms with Crippen LogP contribution in [-0.2, 0) is 11.3 Å². The number of pyridine rings is 1. The lowest BCUT2D eigenvalue weighted by Crippen LogP contribution is -2.23. The molecule has 0 saturated heterocycles. The van der Waals surface area contributed by atoms with Crippen molar-refractivity contribution in [3.05, 3.63) is 93.1 Å². The van der Waals surface area contributed by atoms with Gasteiger partial charge in [0.2, 0.25) is 0 Å². The number of nitrogens with zero attached hydrogens (tertiary/aromatic N) is 3. The van der Waals surface area contributed by atoms with Gasteiger partial charge in [0, 0.05) is 0 Å². The van der Waals surface area contributed by atoms with Crippen LogP contribution in [0.2, 0.25) is 10.0 Å². The molecule has 0 atom stereocenters. The minimum absolute atomic E-state index is 0.170. The minimum Gasteiger partial charge on any atom is -0.484 e. The van der Waals surface area contributed by atoms with Gasteiger partial charge in [-0.1, -0.05) is 47.5 Å². The van der Waals surface area contributed by atoms with Gasteiger partial charge >= 0.3 is 0 Å². The van der Waals surface area contributed by atoms with Crippen LogP contribution in [-0.4, -0.2) is 27.0 Å². The third-order valence-corrected chi connectivity index (χ3v) is 5.15. The molecule has 4 rings (SSSR count). The van der Waals surface area contributed by atoms with Crippen LogP contribution in [0.4, 0.5) is 5.69 Å². The molecule has 0 radical (unpaired) electrons. The number of rotatable bonds is 6. The Morgan fingerprint density at radius 3 is 2.61 bits per heavy atom. The van der Waals surface area contributed by atoms with Crippen molar-refractivity contribution in [3.63, 3.8) is 0 Å². The molecule has 9 heteroatoms. The summed E-state index contributed by atoms with van der Waals surface area (Å²) in [4.78, 5) is 33.5. The first-order valence-electron chi connectivity index (χ1n) is 9.26. The number of fused-ring (bicyclic) bond motifs is 1. The summed E-state index contributed by atoms with van der Waals surface area (Å²) in [6.07, 6.45) is 2.87. The zero-order valence-corrected chi connectivity index (χ0v) is 17.6. The standard InChI is InChI=1S/C22H16Cl2N4O3/c23-18-7-6-14(8-19(18)24)11-28-13-26-21-17(22(28)30)9-15(10-25-21)27-20(29)12-31-16-4-2-1-3-5-16/h1-10,13H,11-12H2,(H,27,29). The monoisotopic (exact) mass is 454 g/mol. The van der Waals surface area contributed by atoms with Crippen molar-refractivity contribution in [1.82, 2.24) is 14.5 Å². The lowest BCUT2D eigenvalue weighted by Gasteiger charge is -2.09. The minimum atomic E-state index is -0.370. The van der Waals surface area contributed by atoms with Crippen molar-refractivity contribution in [3.8, 4) is 5.75 Å². The quantitative estimate of drug-likeness (QED) is 0.472. The number of anilines is 1. The second kappa shape index (κ2) is 9.16. The molecule has 0 spiro atoms. The fourth-order valence-corrected chi connectivity index (χ4v) is 3.25. The van der Waals surface area contributed by atoms with Crippen molar-refractivity contribution in [2.75, 3.05) is 11.9 Å². The van der Waals surface area contributed by atoms with Gasteiger partial charge in [-0.25, -0.2) is 9.97 Å². The summed E-state index contributed by atoms with van der Waals surface area (Å²) in [7, 11) is 0. The van der Waals surface area contributed by atoms with Crippen LogP contribution < -0.4 is 15.6 Å². The highest BCUT2D eigenvalue weighted by molar-refractivity contribution is 6.42. The number of ether oxygens (including phenoxy) is 1. The lowest BCUT2D eigenvalue weighted by molar-refractivity contribution is -0.118. The Morgan fingerprint density at radius 1 is 1.03 bits per heavy atom. The van der Waals surface area contributed by atoms with E-state index in [9.17, 15) is 9.59 Å². The average Bonchev–Trinajstić information content (AvgIpc) is 2.78. The Balaban J connectivity index is 1.52. The number of nitrogens with one attached hydrogen (secondary N) is 1. The molecule has 7 nitrogen and oxygen atoms in total. The maximum absolute atomic E-state index is 12.9. The van der Waals surface area contributed by atoms with Gasteiger partial charge in [0.15, 0.2) is 12.3 Å². The molecule has 0 aliphatic carbocycles. The molecule has 0 bridgehead atoms. The topological polar surface area (TPSA) is 86.1 Å². The number of amides is 1. The van der Waals surface area contributed by atoms with Crippen LogP contribution in [0.15, 0.2) is 71.9 Å². The number of hydrogen-bond donors (Lipinski definition) is 1. The molecule has 0 aliphatic heterocycles. The summed E-state index contributed by atoms with van der Waals surface area (Å²) >= 11 is 12.0. The van der Waals surface area contributed by atoms with Gasteiger partial charge in [0.25, 0.3) is 11.5 Å². The number of para-hydroxylation sites is 1. The summed E-state index contributed by atoms with van der Waals surface area (Å²) in [6, 6.07) is 15.7. The fourth-order valence-electron chi connectivity index (χ4n) is 2.93. The summed E-state index contributed by atoms with van der Waals surface area (Å²) in [5.74, 6) is 0.216. The predicted octanol–water partition coefficient (Wildman–Crippen LogP) is 4.16. The third-order valence-electron chi connectivity index (χ3n) is 4.41. The number of carbonyl (C=O) groups is 1. The van der Waals surface area contributed by atoms with Crippen LogP contribution >= 0.6 is 23.2 Å². The van der Waals surface area contributed by atoms with Crippen molar-refractivity contribution >= 4 is 45.8 Å². The van der Waals surface area contributed by atoms with Crippen LogP contribution in [0.25, 0.3) is 11.0 Å². The van der Waals surface area contributed by atoms with E-state index in [0.29, 0.717) is 21.5 Å². The Morgan fingerprint density at radius 2 is 1.84 bits per heavy atom. The fraction of sp³-hybridized carbons (Fsp3) is 0.0909. The largest absolute Gasteiger partial charge is 0.484 e. The molecule has 31 heavy (non-hydrogen) atoms. The van der Waals surface area contributed by atoms with Crippen LogP contribution in [0.3, 0.4) is 0 Å². The first kappa shape index (κ1) is 20.8. The summed E-state index contributed by atoms with van der Waals surface area (Å²) in [5, 5.41) is 3.81. The van der Waals surface area contributed by atoms with Crippen LogP contribution in [0.1, 0.15) is 5.56 Å². The first-order valence-corrected chi connectivity index (χ1v) is 10.0. The maximum atomic E-state index is 12.9. The molecule has 2 aromatic carbocycles. The van der Waals surface area contributed by atoms with Crippen molar-refractivity contribution in [2.45, 2.75) is 6.54 Å². The normalized spacial score (nSPS) is 10.8. The van der Waals surface area contributed by atoms with E-state index < -0.39 is 0 Å². The number of halogens is 2. The highest BCUT2D eigenvalue weighted by Gasteiger charge is 2.10. The summed E-state index contributed by atoms with van der Waals surface area (Å²) in [6.45, 7) is 0.0941. The second-order valence-electron chi connectivity index (χ2n) is 6.67. The molecular weight excluding hydrogens is 439 g/mol. The van der Waals surface area contributed by atoms with Gasteiger partial charge in [-0.15, -0.1) is 0 Å². The molecular formula is C22H16Cl2N4O3. The van der Waals surface area contributed by atoms with Crippen molar-refractivity contribution in [2.24, 2.45) is 0 Å². The Kier molecular flexibility index (Phi) is 6.16. The SMILES string of the molecule is O=C(COc1ccccc1)Nc1cnc2ncn(Cc3ccc(Cl)c(Cl)c3)c(=O)c2c1. The van der Waals surface area contributed by atoms with Crippen LogP contribution in [0.5, 0.6) is 5.75 Å². The van der Waals surface area contributed by atoms with E-state index in [-0.39, 0.29) is 35.7 Å². The molecule has 0 fully saturated rings. The zero-order valence-electron chi connectivity index (χ0n) is 16.1. The molecule has 0 saturated carbocycles. The van der Waals surface area contributed by atoms with E-state index >= 15 is 0 Å². The van der Waals surface area contributed by atoms with Gasteiger partial charge in [-0.3, -0.25) is 14.2 Å². The van der Waals surface area contributed by atoms with Gasteiger partial charge in [0.1, 0.15) is 12.1 Å². The number of hydrogen-bond acceptors (Lipinski definition) is 5. The van der Waals surface area contributed by atoms with Crippen LogP contribution in [0, 0.1) is 0 Å². The maximum Gasteiger partial charge on any atom is 0.263 e. The summed E-state index contributed by atoms with van der Waals surface area (Å²) < 4.78 is 6.86. The first-order chi connectivity index (χ1) is 15.0.